The molecule has 0 radical (unpaired) electrons. The van der Waals surface area contributed by atoms with Gasteiger partial charge in [-0.2, -0.15) is 0 Å². The van der Waals surface area contributed by atoms with Gasteiger partial charge in [0.1, 0.15) is 6.54 Å². The zero-order valence-corrected chi connectivity index (χ0v) is 14.8. The first-order chi connectivity index (χ1) is 9.99. The maximum atomic E-state index is 12.0. The number of esters is 1. The van der Waals surface area contributed by atoms with E-state index in [1.165, 1.54) is 5.57 Å². The van der Waals surface area contributed by atoms with E-state index in [0.29, 0.717) is 17.4 Å². The molecule has 0 fully saturated rings. The fourth-order valence-electron chi connectivity index (χ4n) is 2.22. The fraction of sp³-hybridized carbons (Fsp3) is 0.765. The minimum absolute atomic E-state index is 0.218. The number of ether oxygens (including phenoxy) is 1. The van der Waals surface area contributed by atoms with Crippen molar-refractivity contribution in [3.8, 4) is 0 Å². The SMILES string of the molecule is CC(C)=CCCC(C)CC(=O)OC(CC(=O)[O-])C[N+](C)(C)C. The number of hydrogen-bond donors (Lipinski definition) is 0. The molecule has 0 amide bonds. The van der Waals surface area contributed by atoms with Gasteiger partial charge in [-0.1, -0.05) is 18.6 Å². The third kappa shape index (κ3) is 12.4. The summed E-state index contributed by atoms with van der Waals surface area (Å²) >= 11 is 0. The molecule has 0 bridgehead atoms. The van der Waals surface area contributed by atoms with Crippen molar-refractivity contribution in [3.05, 3.63) is 11.6 Å². The van der Waals surface area contributed by atoms with Crippen LogP contribution in [-0.4, -0.2) is 50.2 Å². The lowest BCUT2D eigenvalue weighted by atomic mass is 10.0. The molecule has 0 heterocycles. The number of likely N-dealkylation sites (N-methyl/N-ethyl adjacent to an activating group) is 1. The van der Waals surface area contributed by atoms with E-state index >= 15 is 0 Å². The molecule has 5 nitrogen and oxygen atoms in total. The van der Waals surface area contributed by atoms with Gasteiger partial charge in [-0.15, -0.1) is 0 Å². The quantitative estimate of drug-likeness (QED) is 0.348. The van der Waals surface area contributed by atoms with Crippen LogP contribution in [0.25, 0.3) is 0 Å². The van der Waals surface area contributed by atoms with Gasteiger partial charge in [0.05, 0.1) is 21.1 Å². The number of nitrogens with zero attached hydrogens (tertiary/aromatic N) is 1. The first-order valence-electron chi connectivity index (χ1n) is 7.82. The molecule has 2 unspecified atom stereocenters. The van der Waals surface area contributed by atoms with Crippen molar-refractivity contribution in [1.82, 2.24) is 0 Å². The van der Waals surface area contributed by atoms with Crippen LogP contribution >= 0.6 is 0 Å². The van der Waals surface area contributed by atoms with E-state index in [2.05, 4.69) is 6.08 Å². The van der Waals surface area contributed by atoms with E-state index in [1.807, 2.05) is 41.9 Å². The third-order valence-electron chi connectivity index (χ3n) is 3.17. The van der Waals surface area contributed by atoms with E-state index < -0.39 is 12.1 Å². The molecule has 0 rings (SSSR count). The fourth-order valence-corrected chi connectivity index (χ4v) is 2.22. The van der Waals surface area contributed by atoms with Crippen molar-refractivity contribution in [2.75, 3.05) is 27.7 Å². The Morgan fingerprint density at radius 3 is 2.23 bits per heavy atom. The lowest BCUT2D eigenvalue weighted by Gasteiger charge is -2.29. The summed E-state index contributed by atoms with van der Waals surface area (Å²) in [5.74, 6) is -1.30. The summed E-state index contributed by atoms with van der Waals surface area (Å²) in [6.07, 6.45) is 3.43. The van der Waals surface area contributed by atoms with Crippen molar-refractivity contribution in [2.45, 2.75) is 52.6 Å². The first kappa shape index (κ1) is 20.6. The van der Waals surface area contributed by atoms with Crippen LogP contribution < -0.4 is 5.11 Å². The summed E-state index contributed by atoms with van der Waals surface area (Å²) < 4.78 is 5.87. The van der Waals surface area contributed by atoms with Crippen molar-refractivity contribution < 1.29 is 23.9 Å². The van der Waals surface area contributed by atoms with Crippen LogP contribution in [0.2, 0.25) is 0 Å². The van der Waals surface area contributed by atoms with Crippen molar-refractivity contribution in [2.24, 2.45) is 5.92 Å². The number of carbonyl (C=O) groups is 2. The van der Waals surface area contributed by atoms with Gasteiger partial charge >= 0.3 is 5.97 Å². The van der Waals surface area contributed by atoms with Gasteiger partial charge in [-0.25, -0.2) is 0 Å². The number of aliphatic carboxylic acids is 1. The van der Waals surface area contributed by atoms with Crippen molar-refractivity contribution in [1.29, 1.82) is 0 Å². The second-order valence-corrected chi connectivity index (χ2v) is 7.33. The molecule has 0 saturated carbocycles. The van der Waals surface area contributed by atoms with Gasteiger partial charge in [0.15, 0.2) is 6.10 Å². The van der Waals surface area contributed by atoms with Crippen LogP contribution in [0.5, 0.6) is 0 Å². The molecule has 2 atom stereocenters. The van der Waals surface area contributed by atoms with E-state index in [9.17, 15) is 14.7 Å². The summed E-state index contributed by atoms with van der Waals surface area (Å²) in [7, 11) is 5.79. The average Bonchev–Trinajstić information content (AvgIpc) is 2.23. The summed E-state index contributed by atoms with van der Waals surface area (Å²) in [4.78, 5) is 22.8. The Morgan fingerprint density at radius 2 is 1.77 bits per heavy atom. The molecule has 0 aliphatic carbocycles. The molecule has 0 aromatic heterocycles. The minimum Gasteiger partial charge on any atom is -0.550 e. The lowest BCUT2D eigenvalue weighted by Crippen LogP contribution is -2.45. The first-order valence-corrected chi connectivity index (χ1v) is 7.82. The van der Waals surface area contributed by atoms with Gasteiger partial charge in [-0.05, 0) is 32.6 Å². The zero-order chi connectivity index (χ0) is 17.3. The molecule has 0 aliphatic heterocycles. The molecule has 0 N–H and O–H groups in total. The van der Waals surface area contributed by atoms with Gasteiger partial charge < -0.3 is 19.1 Å². The van der Waals surface area contributed by atoms with Gasteiger partial charge in [0, 0.05) is 18.8 Å². The molecule has 0 aromatic carbocycles. The highest BCUT2D eigenvalue weighted by molar-refractivity contribution is 5.71. The number of allylic oxidation sites excluding steroid dienone is 2. The molecular formula is C17H31NO4. The number of carboxylic acids is 1. The Kier molecular flexibility index (Phi) is 9.02. The molecule has 5 heteroatoms. The largest absolute Gasteiger partial charge is 0.550 e. The highest BCUT2D eigenvalue weighted by atomic mass is 16.5. The predicted molar refractivity (Wildman–Crippen MR) is 84.8 cm³/mol. The number of quaternary nitrogens is 1. The summed E-state index contributed by atoms with van der Waals surface area (Å²) in [6, 6.07) is 0. The number of carbonyl (C=O) groups excluding carboxylic acids is 2. The molecule has 128 valence electrons. The van der Waals surface area contributed by atoms with Crippen LogP contribution in [0.1, 0.15) is 46.5 Å². The number of carboxylic acid groups (broad SMARTS) is 1. The monoisotopic (exact) mass is 313 g/mol. The second-order valence-electron chi connectivity index (χ2n) is 7.33. The number of rotatable bonds is 10. The maximum absolute atomic E-state index is 12.0. The van der Waals surface area contributed by atoms with Crippen LogP contribution in [0.3, 0.4) is 0 Å². The summed E-state index contributed by atoms with van der Waals surface area (Å²) in [5, 5.41) is 10.8. The smallest absolute Gasteiger partial charge is 0.306 e. The third-order valence-corrected chi connectivity index (χ3v) is 3.17. The standard InChI is InChI=1S/C17H31NO4/c1-13(2)8-7-9-14(3)10-17(21)22-15(11-16(19)20)12-18(4,5)6/h8,14-15H,7,9-12H2,1-6H3. The van der Waals surface area contributed by atoms with E-state index in [0.717, 1.165) is 12.8 Å². The molecule has 0 saturated heterocycles. The van der Waals surface area contributed by atoms with Crippen molar-refractivity contribution in [3.63, 3.8) is 0 Å². The van der Waals surface area contributed by atoms with Crippen LogP contribution in [0, 0.1) is 5.92 Å². The molecule has 0 aliphatic rings. The topological polar surface area (TPSA) is 66.4 Å². The Bertz CT molecular complexity index is 392. The Labute approximate surface area is 134 Å². The molecular weight excluding hydrogens is 282 g/mol. The minimum atomic E-state index is -1.19. The molecule has 22 heavy (non-hydrogen) atoms. The van der Waals surface area contributed by atoms with Crippen LogP contribution in [-0.2, 0) is 14.3 Å². The maximum Gasteiger partial charge on any atom is 0.306 e. The van der Waals surface area contributed by atoms with Gasteiger partial charge in [0.25, 0.3) is 0 Å². The van der Waals surface area contributed by atoms with E-state index in [4.69, 9.17) is 4.74 Å². The zero-order valence-electron chi connectivity index (χ0n) is 14.8. The van der Waals surface area contributed by atoms with Crippen LogP contribution in [0.15, 0.2) is 11.6 Å². The second kappa shape index (κ2) is 9.62. The predicted octanol–water partition coefficient (Wildman–Crippen LogP) is 1.52. The van der Waals surface area contributed by atoms with E-state index in [1.54, 1.807) is 0 Å². The van der Waals surface area contributed by atoms with Gasteiger partial charge in [0.2, 0.25) is 0 Å². The molecule has 0 aromatic rings. The normalized spacial score (nSPS) is 14.1. The average molecular weight is 313 g/mol. The van der Waals surface area contributed by atoms with E-state index in [-0.39, 0.29) is 18.3 Å². The Hall–Kier alpha value is -1.36. The lowest BCUT2D eigenvalue weighted by molar-refractivity contribution is -0.873. The van der Waals surface area contributed by atoms with Crippen LogP contribution in [0.4, 0.5) is 0 Å². The Morgan fingerprint density at radius 1 is 1.18 bits per heavy atom. The number of hydrogen-bond acceptors (Lipinski definition) is 4. The Balaban J connectivity index is 4.37. The van der Waals surface area contributed by atoms with Crippen molar-refractivity contribution >= 4 is 11.9 Å². The highest BCUT2D eigenvalue weighted by Gasteiger charge is 2.23. The summed E-state index contributed by atoms with van der Waals surface area (Å²) in [6.45, 7) is 6.56. The van der Waals surface area contributed by atoms with Gasteiger partial charge in [-0.3, -0.25) is 4.79 Å². The highest BCUT2D eigenvalue weighted by Crippen LogP contribution is 2.14. The molecule has 0 spiro atoms. The summed E-state index contributed by atoms with van der Waals surface area (Å²) in [5.41, 5.74) is 1.27.